The lowest BCUT2D eigenvalue weighted by Gasteiger charge is -2.04. The predicted molar refractivity (Wildman–Crippen MR) is 65.4 cm³/mol. The molecular weight excluding hydrogens is 208 g/mol. The molecule has 0 heterocycles. The third-order valence-corrected chi connectivity index (χ3v) is 2.47. The highest BCUT2D eigenvalue weighted by Gasteiger charge is 1.94. The van der Waals surface area contributed by atoms with E-state index in [-0.39, 0.29) is 0 Å². The van der Waals surface area contributed by atoms with Crippen molar-refractivity contribution in [2.45, 2.75) is 12.8 Å². The van der Waals surface area contributed by atoms with Gasteiger partial charge in [0.1, 0.15) is 0 Å². The first kappa shape index (κ1) is 12.3. The van der Waals surface area contributed by atoms with Crippen molar-refractivity contribution >= 4 is 11.6 Å². The van der Waals surface area contributed by atoms with E-state index in [0.717, 1.165) is 25.0 Å². The average molecular weight is 225 g/mol. The second kappa shape index (κ2) is 7.49. The molecule has 0 spiro atoms. The molecule has 82 valence electrons. The maximum Gasteiger partial charge on any atom is 0.0685 e. The molecule has 0 aromatic heterocycles. The SMILES string of the molecule is C=C(CCl)COCCCc1ccccc1. The molecule has 0 N–H and O–H groups in total. The summed E-state index contributed by atoms with van der Waals surface area (Å²) in [7, 11) is 0. The fourth-order valence-electron chi connectivity index (χ4n) is 1.28. The van der Waals surface area contributed by atoms with Gasteiger partial charge < -0.3 is 4.74 Å². The number of alkyl halides is 1. The minimum absolute atomic E-state index is 0.485. The highest BCUT2D eigenvalue weighted by Crippen LogP contribution is 2.03. The van der Waals surface area contributed by atoms with Gasteiger partial charge in [-0.05, 0) is 24.0 Å². The lowest BCUT2D eigenvalue weighted by Crippen LogP contribution is -2.01. The number of hydrogen-bond acceptors (Lipinski definition) is 1. The molecule has 0 aliphatic carbocycles. The molecule has 0 fully saturated rings. The zero-order chi connectivity index (χ0) is 10.9. The van der Waals surface area contributed by atoms with Crippen molar-refractivity contribution in [1.29, 1.82) is 0 Å². The van der Waals surface area contributed by atoms with E-state index < -0.39 is 0 Å². The molecular formula is C13H17ClO. The summed E-state index contributed by atoms with van der Waals surface area (Å²) in [5, 5.41) is 0. The third kappa shape index (κ3) is 5.60. The first-order chi connectivity index (χ1) is 7.33. The van der Waals surface area contributed by atoms with Gasteiger partial charge in [-0.1, -0.05) is 36.9 Å². The first-order valence-electron chi connectivity index (χ1n) is 5.17. The molecule has 0 atom stereocenters. The monoisotopic (exact) mass is 224 g/mol. The second-order valence-electron chi connectivity index (χ2n) is 3.53. The van der Waals surface area contributed by atoms with E-state index >= 15 is 0 Å². The van der Waals surface area contributed by atoms with E-state index in [1.807, 2.05) is 6.07 Å². The van der Waals surface area contributed by atoms with Gasteiger partial charge in [0.15, 0.2) is 0 Å². The minimum atomic E-state index is 0.485. The molecule has 1 nitrogen and oxygen atoms in total. The van der Waals surface area contributed by atoms with Crippen molar-refractivity contribution in [3.63, 3.8) is 0 Å². The standard InChI is InChI=1S/C13H17ClO/c1-12(10-14)11-15-9-5-8-13-6-3-2-4-7-13/h2-4,6-7H,1,5,8-11H2. The largest absolute Gasteiger partial charge is 0.377 e. The lowest BCUT2D eigenvalue weighted by molar-refractivity contribution is 0.154. The van der Waals surface area contributed by atoms with E-state index in [1.165, 1.54) is 5.56 Å². The summed E-state index contributed by atoms with van der Waals surface area (Å²) in [5.74, 6) is 0.485. The topological polar surface area (TPSA) is 9.23 Å². The van der Waals surface area contributed by atoms with Gasteiger partial charge in [0, 0.05) is 12.5 Å². The van der Waals surface area contributed by atoms with Gasteiger partial charge >= 0.3 is 0 Å². The Morgan fingerprint density at radius 3 is 2.67 bits per heavy atom. The molecule has 1 aromatic rings. The predicted octanol–water partition coefficient (Wildman–Crippen LogP) is 3.43. The summed E-state index contributed by atoms with van der Waals surface area (Å²) in [5.41, 5.74) is 2.30. The maximum absolute atomic E-state index is 5.58. The molecule has 0 saturated carbocycles. The van der Waals surface area contributed by atoms with Crippen LogP contribution < -0.4 is 0 Å². The van der Waals surface area contributed by atoms with Gasteiger partial charge in [0.25, 0.3) is 0 Å². The Balaban J connectivity index is 2.05. The highest BCUT2D eigenvalue weighted by atomic mass is 35.5. The third-order valence-electron chi connectivity index (χ3n) is 2.09. The molecule has 0 amide bonds. The Labute approximate surface area is 96.7 Å². The van der Waals surface area contributed by atoms with Gasteiger partial charge in [-0.3, -0.25) is 0 Å². The summed E-state index contributed by atoms with van der Waals surface area (Å²) in [6.45, 7) is 5.12. The quantitative estimate of drug-likeness (QED) is 0.392. The molecule has 1 rings (SSSR count). The number of aryl methyl sites for hydroxylation is 1. The molecule has 0 unspecified atom stereocenters. The van der Waals surface area contributed by atoms with Crippen molar-refractivity contribution in [3.05, 3.63) is 48.0 Å². The Morgan fingerprint density at radius 2 is 2.00 bits per heavy atom. The summed E-state index contributed by atoms with van der Waals surface area (Å²) in [4.78, 5) is 0. The maximum atomic E-state index is 5.58. The van der Waals surface area contributed by atoms with Gasteiger partial charge in [0.05, 0.1) is 6.61 Å². The Kier molecular flexibility index (Phi) is 6.14. The van der Waals surface area contributed by atoms with E-state index in [4.69, 9.17) is 16.3 Å². The zero-order valence-corrected chi connectivity index (χ0v) is 9.67. The summed E-state index contributed by atoms with van der Waals surface area (Å²) in [6, 6.07) is 10.4. The van der Waals surface area contributed by atoms with Gasteiger partial charge in [-0.15, -0.1) is 11.6 Å². The van der Waals surface area contributed by atoms with Crippen LogP contribution in [-0.4, -0.2) is 19.1 Å². The Morgan fingerprint density at radius 1 is 1.27 bits per heavy atom. The summed E-state index contributed by atoms with van der Waals surface area (Å²) >= 11 is 5.58. The minimum Gasteiger partial charge on any atom is -0.377 e. The van der Waals surface area contributed by atoms with Crippen molar-refractivity contribution in [1.82, 2.24) is 0 Å². The highest BCUT2D eigenvalue weighted by molar-refractivity contribution is 6.19. The fraction of sp³-hybridized carbons (Fsp3) is 0.385. The summed E-state index contributed by atoms with van der Waals surface area (Å²) in [6.07, 6.45) is 2.10. The van der Waals surface area contributed by atoms with Crippen LogP contribution in [-0.2, 0) is 11.2 Å². The normalized spacial score (nSPS) is 10.2. The van der Waals surface area contributed by atoms with E-state index in [1.54, 1.807) is 0 Å². The van der Waals surface area contributed by atoms with E-state index in [0.29, 0.717) is 12.5 Å². The summed E-state index contributed by atoms with van der Waals surface area (Å²) < 4.78 is 5.42. The Hall–Kier alpha value is -0.790. The Bertz CT molecular complexity index is 282. The van der Waals surface area contributed by atoms with E-state index in [2.05, 4.69) is 30.8 Å². The van der Waals surface area contributed by atoms with E-state index in [9.17, 15) is 0 Å². The van der Waals surface area contributed by atoms with Crippen LogP contribution in [0, 0.1) is 0 Å². The molecule has 15 heavy (non-hydrogen) atoms. The van der Waals surface area contributed by atoms with Crippen LogP contribution in [0.1, 0.15) is 12.0 Å². The van der Waals surface area contributed by atoms with Crippen molar-refractivity contribution in [2.24, 2.45) is 0 Å². The van der Waals surface area contributed by atoms with Crippen molar-refractivity contribution in [3.8, 4) is 0 Å². The zero-order valence-electron chi connectivity index (χ0n) is 8.92. The average Bonchev–Trinajstić information content (AvgIpc) is 2.29. The first-order valence-corrected chi connectivity index (χ1v) is 5.70. The molecule has 0 bridgehead atoms. The smallest absolute Gasteiger partial charge is 0.0685 e. The molecule has 0 radical (unpaired) electrons. The van der Waals surface area contributed by atoms with Crippen LogP contribution in [0.3, 0.4) is 0 Å². The molecule has 0 saturated heterocycles. The lowest BCUT2D eigenvalue weighted by atomic mass is 10.1. The number of benzene rings is 1. The van der Waals surface area contributed by atoms with Crippen LogP contribution in [0.5, 0.6) is 0 Å². The number of rotatable bonds is 7. The van der Waals surface area contributed by atoms with Crippen molar-refractivity contribution < 1.29 is 4.74 Å². The number of hydrogen-bond donors (Lipinski definition) is 0. The van der Waals surface area contributed by atoms with Crippen molar-refractivity contribution in [2.75, 3.05) is 19.1 Å². The van der Waals surface area contributed by atoms with Crippen LogP contribution in [0.4, 0.5) is 0 Å². The van der Waals surface area contributed by atoms with Crippen LogP contribution in [0.2, 0.25) is 0 Å². The molecule has 0 aliphatic heterocycles. The van der Waals surface area contributed by atoms with Gasteiger partial charge in [-0.25, -0.2) is 0 Å². The fourth-order valence-corrected chi connectivity index (χ4v) is 1.36. The van der Waals surface area contributed by atoms with Crippen LogP contribution in [0.25, 0.3) is 0 Å². The molecule has 0 aliphatic rings. The molecule has 2 heteroatoms. The second-order valence-corrected chi connectivity index (χ2v) is 3.79. The van der Waals surface area contributed by atoms with Crippen LogP contribution >= 0.6 is 11.6 Å². The molecule has 1 aromatic carbocycles. The van der Waals surface area contributed by atoms with Gasteiger partial charge in [0.2, 0.25) is 0 Å². The van der Waals surface area contributed by atoms with Crippen LogP contribution in [0.15, 0.2) is 42.5 Å². The number of halogens is 1. The number of ether oxygens (including phenoxy) is 1. The van der Waals surface area contributed by atoms with Gasteiger partial charge in [-0.2, -0.15) is 0 Å².